The van der Waals surface area contributed by atoms with Crippen molar-refractivity contribution in [1.82, 2.24) is 14.1 Å². The quantitative estimate of drug-likeness (QED) is 0.722. The van der Waals surface area contributed by atoms with Gasteiger partial charge in [0, 0.05) is 24.2 Å². The lowest BCUT2D eigenvalue weighted by molar-refractivity contribution is 0.477. The molecule has 0 saturated heterocycles. The van der Waals surface area contributed by atoms with E-state index >= 15 is 0 Å². The summed E-state index contributed by atoms with van der Waals surface area (Å²) in [5.41, 5.74) is 3.06. The molecule has 0 aliphatic rings. The molecule has 0 bridgehead atoms. The molecule has 2 heterocycles. The van der Waals surface area contributed by atoms with E-state index in [1.54, 1.807) is 18.2 Å². The van der Waals surface area contributed by atoms with Crippen molar-refractivity contribution in [3.8, 4) is 17.0 Å². The number of imidazole rings is 1. The number of phenolic OH excluding ortho intramolecular Hbond substituents is 1. The molecule has 0 radical (unpaired) electrons. The third-order valence-corrected chi connectivity index (χ3v) is 4.27. The zero-order valence-electron chi connectivity index (χ0n) is 11.7. The maximum atomic E-state index is 10.0. The lowest BCUT2D eigenvalue weighted by Gasteiger charge is -2.06. The second kappa shape index (κ2) is 5.16. The first kappa shape index (κ1) is 14.1. The maximum Gasteiger partial charge on any atom is 0.181 e. The van der Waals surface area contributed by atoms with Crippen molar-refractivity contribution in [1.29, 1.82) is 0 Å². The molecular formula is C15H14ClN3OS. The minimum absolute atomic E-state index is 0.156. The molecule has 4 nitrogen and oxygen atoms in total. The summed E-state index contributed by atoms with van der Waals surface area (Å²) in [6.45, 7) is 2.77. The van der Waals surface area contributed by atoms with Crippen LogP contribution >= 0.6 is 23.8 Å². The van der Waals surface area contributed by atoms with E-state index in [1.807, 2.05) is 35.2 Å². The number of nitrogens with zero attached hydrogens (tertiary/aromatic N) is 3. The fourth-order valence-corrected chi connectivity index (χ4v) is 2.91. The molecule has 3 rings (SSSR count). The Kier molecular flexibility index (Phi) is 3.47. The van der Waals surface area contributed by atoms with Gasteiger partial charge in [0.05, 0.1) is 11.2 Å². The predicted octanol–water partition coefficient (Wildman–Crippen LogP) is 4.15. The molecule has 0 fully saturated rings. The van der Waals surface area contributed by atoms with E-state index < -0.39 is 0 Å². The van der Waals surface area contributed by atoms with Gasteiger partial charge in [-0.2, -0.15) is 0 Å². The van der Waals surface area contributed by atoms with E-state index in [4.69, 9.17) is 23.8 Å². The van der Waals surface area contributed by atoms with Gasteiger partial charge in [-0.15, -0.1) is 0 Å². The van der Waals surface area contributed by atoms with Gasteiger partial charge in [-0.05, 0) is 49.5 Å². The molecule has 0 aliphatic heterocycles. The van der Waals surface area contributed by atoms with Crippen LogP contribution in [0.2, 0.25) is 5.02 Å². The van der Waals surface area contributed by atoms with E-state index in [-0.39, 0.29) is 5.75 Å². The van der Waals surface area contributed by atoms with Crippen LogP contribution in [-0.2, 0) is 13.6 Å². The van der Waals surface area contributed by atoms with Gasteiger partial charge in [0.1, 0.15) is 5.75 Å². The Morgan fingerprint density at radius 2 is 2.05 bits per heavy atom. The average Bonchev–Trinajstić information content (AvgIpc) is 2.72. The number of rotatable bonds is 2. The number of aryl methyl sites for hydroxylation is 2. The maximum absolute atomic E-state index is 10.0. The van der Waals surface area contributed by atoms with Crippen molar-refractivity contribution in [2.24, 2.45) is 7.05 Å². The van der Waals surface area contributed by atoms with Crippen molar-refractivity contribution in [2.45, 2.75) is 13.5 Å². The molecule has 1 aromatic carbocycles. The van der Waals surface area contributed by atoms with Crippen molar-refractivity contribution >= 4 is 35.0 Å². The Balaban J connectivity index is 2.31. The molecule has 1 N–H and O–H groups in total. The van der Waals surface area contributed by atoms with Gasteiger partial charge in [0.2, 0.25) is 0 Å². The van der Waals surface area contributed by atoms with Crippen LogP contribution in [0, 0.1) is 4.77 Å². The Morgan fingerprint density at radius 1 is 1.29 bits per heavy atom. The molecule has 0 spiro atoms. The molecule has 0 amide bonds. The van der Waals surface area contributed by atoms with Crippen molar-refractivity contribution in [3.63, 3.8) is 0 Å². The van der Waals surface area contributed by atoms with Gasteiger partial charge >= 0.3 is 0 Å². The Hall–Kier alpha value is -1.85. The van der Waals surface area contributed by atoms with E-state index in [2.05, 4.69) is 4.98 Å². The number of phenols is 1. The summed E-state index contributed by atoms with van der Waals surface area (Å²) in [5.74, 6) is 0.156. The highest BCUT2D eigenvalue weighted by atomic mass is 35.5. The van der Waals surface area contributed by atoms with Crippen LogP contribution in [0.25, 0.3) is 22.4 Å². The first-order valence-corrected chi connectivity index (χ1v) is 7.36. The molecule has 6 heteroatoms. The van der Waals surface area contributed by atoms with Crippen LogP contribution in [0.5, 0.6) is 5.75 Å². The highest BCUT2D eigenvalue weighted by molar-refractivity contribution is 7.71. The van der Waals surface area contributed by atoms with Gasteiger partial charge in [-0.25, -0.2) is 4.98 Å². The Morgan fingerprint density at radius 3 is 2.76 bits per heavy atom. The molecule has 0 saturated carbocycles. The van der Waals surface area contributed by atoms with Gasteiger partial charge < -0.3 is 14.2 Å². The minimum atomic E-state index is 0.156. The summed E-state index contributed by atoms with van der Waals surface area (Å²) < 4.78 is 4.63. The molecule has 0 aliphatic carbocycles. The molecule has 2 aromatic heterocycles. The number of hydrogen-bond acceptors (Lipinski definition) is 3. The summed E-state index contributed by atoms with van der Waals surface area (Å²) in [7, 11) is 1.93. The van der Waals surface area contributed by atoms with Crippen LogP contribution in [0.15, 0.2) is 30.3 Å². The second-order valence-electron chi connectivity index (χ2n) is 4.79. The lowest BCUT2D eigenvalue weighted by atomic mass is 10.1. The second-order valence-corrected chi connectivity index (χ2v) is 5.59. The number of fused-ring (bicyclic) bond motifs is 1. The minimum Gasteiger partial charge on any atom is -0.507 e. The molecule has 3 aromatic rings. The molecule has 0 unspecified atom stereocenters. The molecule has 108 valence electrons. The standard InChI is InChI=1S/C15H14ClN3OS/c1-3-19-14-12(18(2)15(19)21)6-5-11(17-14)10-8-9(16)4-7-13(10)20/h4-8,20H,3H2,1-2H3. The molecule has 21 heavy (non-hydrogen) atoms. The first-order valence-electron chi connectivity index (χ1n) is 6.58. The Bertz CT molecular complexity index is 898. The van der Waals surface area contributed by atoms with Crippen LogP contribution in [-0.4, -0.2) is 19.2 Å². The van der Waals surface area contributed by atoms with Gasteiger partial charge in [-0.3, -0.25) is 0 Å². The van der Waals surface area contributed by atoms with E-state index in [1.165, 1.54) is 0 Å². The number of aromatic nitrogens is 3. The van der Waals surface area contributed by atoms with Crippen LogP contribution in [0.1, 0.15) is 6.92 Å². The summed E-state index contributed by atoms with van der Waals surface area (Å²) in [4.78, 5) is 4.66. The highest BCUT2D eigenvalue weighted by Gasteiger charge is 2.12. The third kappa shape index (κ3) is 2.22. The van der Waals surface area contributed by atoms with E-state index in [0.29, 0.717) is 16.3 Å². The van der Waals surface area contributed by atoms with Crippen molar-refractivity contribution in [3.05, 3.63) is 40.1 Å². The summed E-state index contributed by atoms with van der Waals surface area (Å²) in [5, 5.41) is 10.6. The lowest BCUT2D eigenvalue weighted by Crippen LogP contribution is -1.97. The SMILES string of the molecule is CCn1c(=S)n(C)c2ccc(-c3cc(Cl)ccc3O)nc21. The topological polar surface area (TPSA) is 43.0 Å². The fourth-order valence-electron chi connectivity index (χ4n) is 2.42. The monoisotopic (exact) mass is 319 g/mol. The van der Waals surface area contributed by atoms with Gasteiger partial charge in [0.25, 0.3) is 0 Å². The summed E-state index contributed by atoms with van der Waals surface area (Å²) >= 11 is 11.4. The average molecular weight is 320 g/mol. The normalized spacial score (nSPS) is 11.2. The smallest absolute Gasteiger partial charge is 0.181 e. The van der Waals surface area contributed by atoms with Crippen LogP contribution < -0.4 is 0 Å². The zero-order valence-corrected chi connectivity index (χ0v) is 13.2. The number of halogens is 1. The van der Waals surface area contributed by atoms with Crippen molar-refractivity contribution < 1.29 is 5.11 Å². The first-order chi connectivity index (χ1) is 10.0. The Labute approximate surface area is 132 Å². The van der Waals surface area contributed by atoms with Gasteiger partial charge in [0.15, 0.2) is 10.4 Å². The number of pyridine rings is 1. The highest BCUT2D eigenvalue weighted by Crippen LogP contribution is 2.31. The third-order valence-electron chi connectivity index (χ3n) is 3.54. The van der Waals surface area contributed by atoms with E-state index in [9.17, 15) is 5.11 Å². The number of hydrogen-bond donors (Lipinski definition) is 1. The fraction of sp³-hybridized carbons (Fsp3) is 0.200. The van der Waals surface area contributed by atoms with E-state index in [0.717, 1.165) is 22.5 Å². The van der Waals surface area contributed by atoms with Gasteiger partial charge in [-0.1, -0.05) is 11.6 Å². The van der Waals surface area contributed by atoms with Crippen LogP contribution in [0.3, 0.4) is 0 Å². The predicted molar refractivity (Wildman–Crippen MR) is 87.3 cm³/mol. The number of aromatic hydroxyl groups is 1. The zero-order chi connectivity index (χ0) is 15.1. The summed E-state index contributed by atoms with van der Waals surface area (Å²) in [6, 6.07) is 8.75. The summed E-state index contributed by atoms with van der Waals surface area (Å²) in [6.07, 6.45) is 0. The molecule has 0 atom stereocenters. The largest absolute Gasteiger partial charge is 0.507 e. The molecular weight excluding hydrogens is 306 g/mol. The van der Waals surface area contributed by atoms with Crippen LogP contribution in [0.4, 0.5) is 0 Å². The van der Waals surface area contributed by atoms with Crippen molar-refractivity contribution in [2.75, 3.05) is 0 Å². The number of benzene rings is 1.